The molecule has 1 aromatic carbocycles. The van der Waals surface area contributed by atoms with Crippen LogP contribution in [0.25, 0.3) is 0 Å². The Morgan fingerprint density at radius 2 is 1.48 bits per heavy atom. The van der Waals surface area contributed by atoms with Crippen molar-refractivity contribution in [1.29, 1.82) is 0 Å². The number of benzene rings is 1. The van der Waals surface area contributed by atoms with E-state index in [4.69, 9.17) is 0 Å². The SMILES string of the molecule is CC(C)C(NC(=O)C1CCCCC1)C(=O)N1CCN(C(=O)c2ccccc2)CC1. The van der Waals surface area contributed by atoms with E-state index < -0.39 is 6.04 Å². The molecule has 0 spiro atoms. The second-order valence-corrected chi connectivity index (χ2v) is 8.55. The van der Waals surface area contributed by atoms with E-state index in [1.54, 1.807) is 9.80 Å². The third-order valence-corrected chi connectivity index (χ3v) is 6.11. The maximum atomic E-state index is 13.1. The molecule has 29 heavy (non-hydrogen) atoms. The second kappa shape index (κ2) is 9.90. The Bertz CT molecular complexity index is 705. The summed E-state index contributed by atoms with van der Waals surface area (Å²) in [5.74, 6) is 0.0616. The maximum Gasteiger partial charge on any atom is 0.253 e. The Balaban J connectivity index is 1.55. The zero-order valence-electron chi connectivity index (χ0n) is 17.6. The first-order valence-corrected chi connectivity index (χ1v) is 10.9. The van der Waals surface area contributed by atoms with E-state index in [1.807, 2.05) is 44.2 Å². The van der Waals surface area contributed by atoms with Crippen molar-refractivity contribution in [2.75, 3.05) is 26.2 Å². The fraction of sp³-hybridized carbons (Fsp3) is 0.609. The molecule has 1 saturated carbocycles. The molecule has 1 N–H and O–H groups in total. The average Bonchev–Trinajstić information content (AvgIpc) is 2.77. The van der Waals surface area contributed by atoms with Crippen molar-refractivity contribution in [3.05, 3.63) is 35.9 Å². The molecule has 1 aliphatic carbocycles. The Labute approximate surface area is 173 Å². The van der Waals surface area contributed by atoms with Crippen LogP contribution in [0.1, 0.15) is 56.3 Å². The van der Waals surface area contributed by atoms with E-state index in [2.05, 4.69) is 5.32 Å². The summed E-state index contributed by atoms with van der Waals surface area (Å²) in [5, 5.41) is 3.03. The molecule has 1 unspecified atom stereocenters. The molecule has 3 amide bonds. The number of nitrogens with one attached hydrogen (secondary N) is 1. The van der Waals surface area contributed by atoms with Crippen molar-refractivity contribution in [3.8, 4) is 0 Å². The summed E-state index contributed by atoms with van der Waals surface area (Å²) in [4.78, 5) is 42.0. The highest BCUT2D eigenvalue weighted by molar-refractivity contribution is 5.94. The Hall–Kier alpha value is -2.37. The van der Waals surface area contributed by atoms with Gasteiger partial charge in [0.1, 0.15) is 6.04 Å². The molecule has 1 saturated heterocycles. The van der Waals surface area contributed by atoms with Crippen molar-refractivity contribution in [2.24, 2.45) is 11.8 Å². The summed E-state index contributed by atoms with van der Waals surface area (Å²) in [6, 6.07) is 8.73. The molecule has 1 aliphatic heterocycles. The third-order valence-electron chi connectivity index (χ3n) is 6.11. The van der Waals surface area contributed by atoms with Crippen molar-refractivity contribution in [3.63, 3.8) is 0 Å². The average molecular weight is 400 g/mol. The first kappa shape index (κ1) is 21.3. The molecule has 2 fully saturated rings. The number of carbonyl (C=O) groups excluding carboxylic acids is 3. The molecule has 6 nitrogen and oxygen atoms in total. The number of nitrogens with zero attached hydrogens (tertiary/aromatic N) is 2. The molecule has 0 bridgehead atoms. The molecular formula is C23H33N3O3. The van der Waals surface area contributed by atoms with Crippen LogP contribution in [-0.2, 0) is 9.59 Å². The van der Waals surface area contributed by atoms with Gasteiger partial charge in [-0.1, -0.05) is 51.3 Å². The van der Waals surface area contributed by atoms with E-state index in [1.165, 1.54) is 6.42 Å². The van der Waals surface area contributed by atoms with E-state index in [0.717, 1.165) is 25.7 Å². The van der Waals surface area contributed by atoms with Gasteiger partial charge in [-0.25, -0.2) is 0 Å². The standard InChI is InChI=1S/C23H33N3O3/c1-17(2)20(24-21(27)18-9-5-3-6-10-18)23(29)26-15-13-25(14-16-26)22(28)19-11-7-4-8-12-19/h4,7-8,11-12,17-18,20H,3,5-6,9-10,13-16H2,1-2H3,(H,24,27). The minimum absolute atomic E-state index is 0.00344. The van der Waals surface area contributed by atoms with Crippen molar-refractivity contribution in [2.45, 2.75) is 52.0 Å². The zero-order chi connectivity index (χ0) is 20.8. The number of carbonyl (C=O) groups is 3. The lowest BCUT2D eigenvalue weighted by atomic mass is 9.88. The van der Waals surface area contributed by atoms with E-state index >= 15 is 0 Å². The van der Waals surface area contributed by atoms with Crippen LogP contribution in [0.15, 0.2) is 30.3 Å². The van der Waals surface area contributed by atoms with Gasteiger partial charge in [0.05, 0.1) is 0 Å². The summed E-state index contributed by atoms with van der Waals surface area (Å²) in [6.45, 7) is 5.97. The van der Waals surface area contributed by atoms with Crippen molar-refractivity contribution < 1.29 is 14.4 Å². The smallest absolute Gasteiger partial charge is 0.253 e. The first-order valence-electron chi connectivity index (χ1n) is 10.9. The van der Waals surface area contributed by atoms with E-state index in [0.29, 0.717) is 31.7 Å². The Morgan fingerprint density at radius 3 is 2.07 bits per heavy atom. The van der Waals surface area contributed by atoms with Gasteiger partial charge >= 0.3 is 0 Å². The minimum atomic E-state index is -0.499. The topological polar surface area (TPSA) is 69.7 Å². The Morgan fingerprint density at radius 1 is 0.897 bits per heavy atom. The normalized spacial score (nSPS) is 19.1. The summed E-state index contributed by atoms with van der Waals surface area (Å²) in [7, 11) is 0. The third kappa shape index (κ3) is 5.37. The minimum Gasteiger partial charge on any atom is -0.344 e. The summed E-state index contributed by atoms with van der Waals surface area (Å²) < 4.78 is 0. The molecule has 1 heterocycles. The van der Waals surface area contributed by atoms with Crippen LogP contribution in [0.4, 0.5) is 0 Å². The van der Waals surface area contributed by atoms with Gasteiger partial charge < -0.3 is 15.1 Å². The summed E-state index contributed by atoms with van der Waals surface area (Å²) in [5.41, 5.74) is 0.673. The monoisotopic (exact) mass is 399 g/mol. The van der Waals surface area contributed by atoms with Gasteiger partial charge in [-0.15, -0.1) is 0 Å². The van der Waals surface area contributed by atoms with Gasteiger partial charge in [0.2, 0.25) is 11.8 Å². The predicted octanol–water partition coefficient (Wildman–Crippen LogP) is 2.69. The van der Waals surface area contributed by atoms with Gasteiger partial charge in [-0.05, 0) is 30.9 Å². The fourth-order valence-electron chi connectivity index (χ4n) is 4.24. The number of rotatable bonds is 5. The van der Waals surface area contributed by atoms with Crippen molar-refractivity contribution >= 4 is 17.7 Å². The zero-order valence-corrected chi connectivity index (χ0v) is 17.6. The van der Waals surface area contributed by atoms with Crippen LogP contribution in [0, 0.1) is 11.8 Å². The molecule has 1 aromatic rings. The van der Waals surface area contributed by atoms with Gasteiger partial charge in [-0.2, -0.15) is 0 Å². The molecule has 2 aliphatic rings. The van der Waals surface area contributed by atoms with Crippen LogP contribution in [-0.4, -0.2) is 59.7 Å². The molecule has 6 heteroatoms. The molecular weight excluding hydrogens is 366 g/mol. The van der Waals surface area contributed by atoms with Crippen LogP contribution >= 0.6 is 0 Å². The molecule has 158 valence electrons. The van der Waals surface area contributed by atoms with Crippen LogP contribution < -0.4 is 5.32 Å². The van der Waals surface area contributed by atoms with E-state index in [-0.39, 0.29) is 29.6 Å². The number of amides is 3. The highest BCUT2D eigenvalue weighted by Crippen LogP contribution is 2.24. The fourth-order valence-corrected chi connectivity index (χ4v) is 4.24. The molecule has 3 rings (SSSR count). The van der Waals surface area contributed by atoms with E-state index in [9.17, 15) is 14.4 Å². The lowest BCUT2D eigenvalue weighted by molar-refractivity contribution is -0.140. The highest BCUT2D eigenvalue weighted by Gasteiger charge is 2.33. The molecule has 0 aromatic heterocycles. The molecule has 1 atom stereocenters. The maximum absolute atomic E-state index is 13.1. The molecule has 0 radical (unpaired) electrons. The van der Waals surface area contributed by atoms with Gasteiger partial charge in [-0.3, -0.25) is 14.4 Å². The lowest BCUT2D eigenvalue weighted by Gasteiger charge is -2.37. The van der Waals surface area contributed by atoms with Crippen LogP contribution in [0.3, 0.4) is 0 Å². The second-order valence-electron chi connectivity index (χ2n) is 8.55. The summed E-state index contributed by atoms with van der Waals surface area (Å²) >= 11 is 0. The summed E-state index contributed by atoms with van der Waals surface area (Å²) in [6.07, 6.45) is 5.23. The van der Waals surface area contributed by atoms with Gasteiger partial charge in [0.25, 0.3) is 5.91 Å². The predicted molar refractivity (Wildman–Crippen MR) is 112 cm³/mol. The van der Waals surface area contributed by atoms with Crippen LogP contribution in [0.2, 0.25) is 0 Å². The highest BCUT2D eigenvalue weighted by atomic mass is 16.2. The lowest BCUT2D eigenvalue weighted by Crippen LogP contribution is -2.57. The van der Waals surface area contributed by atoms with Gasteiger partial charge in [0.15, 0.2) is 0 Å². The largest absolute Gasteiger partial charge is 0.344 e. The van der Waals surface area contributed by atoms with Crippen molar-refractivity contribution in [1.82, 2.24) is 15.1 Å². The Kier molecular flexibility index (Phi) is 7.29. The number of piperazine rings is 1. The number of hydrogen-bond acceptors (Lipinski definition) is 3. The first-order chi connectivity index (χ1) is 14.0. The number of hydrogen-bond donors (Lipinski definition) is 1. The quantitative estimate of drug-likeness (QED) is 0.828. The van der Waals surface area contributed by atoms with Crippen LogP contribution in [0.5, 0.6) is 0 Å². The van der Waals surface area contributed by atoms with Gasteiger partial charge in [0, 0.05) is 37.7 Å².